The second kappa shape index (κ2) is 11.5. The molecular weight excluding hydrogens is 581 g/mol. The van der Waals surface area contributed by atoms with Crippen molar-refractivity contribution in [2.75, 3.05) is 0 Å². The van der Waals surface area contributed by atoms with E-state index in [1.807, 2.05) is 61.5 Å². The lowest BCUT2D eigenvalue weighted by atomic mass is 9.84. The molecule has 0 radical (unpaired) electrons. The van der Waals surface area contributed by atoms with Gasteiger partial charge in [0.25, 0.3) is 0 Å². The summed E-state index contributed by atoms with van der Waals surface area (Å²) >= 11 is 0. The Labute approximate surface area is 294 Å². The average molecular weight is 623 g/mol. The van der Waals surface area contributed by atoms with Gasteiger partial charge in [-0.1, -0.05) is 133 Å². The first-order valence-corrected chi connectivity index (χ1v) is 15.7. The van der Waals surface area contributed by atoms with Crippen molar-refractivity contribution in [2.24, 2.45) is 0 Å². The summed E-state index contributed by atoms with van der Waals surface area (Å²) in [5.74, 6) is 0.878. The minimum Gasteiger partial charge on any atom is -0.297 e. The third kappa shape index (κ3) is 4.70. The normalized spacial score (nSPS) is 14.4. The van der Waals surface area contributed by atoms with Gasteiger partial charge in [-0.15, -0.1) is 0 Å². The van der Waals surface area contributed by atoms with Crippen LogP contribution in [-0.4, -0.2) is 9.55 Å². The molecule has 1 aromatic heterocycles. The van der Waals surface area contributed by atoms with E-state index >= 15 is 0 Å². The van der Waals surface area contributed by atoms with Crippen LogP contribution in [-0.2, 0) is 0 Å². The molecule has 1 heterocycles. The molecule has 0 aliphatic heterocycles. The Hall–Kier alpha value is -6.25. The molecule has 0 bridgehead atoms. The van der Waals surface area contributed by atoms with E-state index in [2.05, 4.69) is 47.0 Å². The lowest BCUT2D eigenvalue weighted by Crippen LogP contribution is -1.97. The minimum atomic E-state index is -0.533. The zero-order chi connectivity index (χ0) is 40.7. The van der Waals surface area contributed by atoms with Crippen LogP contribution < -0.4 is 0 Å². The van der Waals surface area contributed by atoms with Gasteiger partial charge in [-0.3, -0.25) is 4.57 Å². The Morgan fingerprint density at radius 2 is 0.917 bits per heavy atom. The minimum absolute atomic E-state index is 0.0623. The second-order valence-electron chi connectivity index (χ2n) is 11.7. The van der Waals surface area contributed by atoms with Gasteiger partial charge in [-0.2, -0.15) is 0 Å². The Kier molecular flexibility index (Phi) is 4.66. The van der Waals surface area contributed by atoms with Crippen LogP contribution in [0.25, 0.3) is 82.8 Å². The molecule has 0 N–H and O–H groups in total. The summed E-state index contributed by atoms with van der Waals surface area (Å²) in [7, 11) is 0. The zero-order valence-electron chi connectivity index (χ0n) is 35.9. The van der Waals surface area contributed by atoms with Gasteiger partial charge in [-0.25, -0.2) is 4.98 Å². The number of benzene rings is 8. The number of hydrogen-bond acceptors (Lipinski definition) is 1. The topological polar surface area (TPSA) is 17.8 Å². The fraction of sp³-hybridized carbons (Fsp3) is 0.0217. The van der Waals surface area contributed by atoms with Gasteiger partial charge in [0.2, 0.25) is 0 Å². The Bertz CT molecular complexity index is 2990. The average Bonchev–Trinajstić information content (AvgIpc) is 3.58. The maximum absolute atomic E-state index is 8.87. The molecular formula is C46H32N2. The first kappa shape index (κ1) is 19.4. The zero-order valence-corrected chi connectivity index (χ0v) is 25.9. The largest absolute Gasteiger partial charge is 0.297 e. The number of para-hydroxylation sites is 2. The van der Waals surface area contributed by atoms with Gasteiger partial charge >= 0.3 is 0 Å². The molecule has 0 atom stereocenters. The van der Waals surface area contributed by atoms with E-state index in [-0.39, 0.29) is 22.3 Å². The molecule has 226 valence electrons. The third-order valence-corrected chi connectivity index (χ3v) is 8.87. The molecule has 0 saturated carbocycles. The SMILES string of the molecule is [2H]c1c([2H])c([2H])c(-c2cc(-c3c([2H])c([2H])c([2H])c([2H])c3[2H])cc(-c3c4ccccc4c(-c4ccc(-n5c(C)nc6ccccc65)cc4)c4ccccc34)c2)c([2H])c1[2H]. The molecule has 2 heteroatoms. The molecule has 8 aromatic carbocycles. The molecule has 0 fully saturated rings. The van der Waals surface area contributed by atoms with Crippen molar-refractivity contribution in [3.63, 3.8) is 0 Å². The van der Waals surface area contributed by atoms with Crippen LogP contribution in [0.3, 0.4) is 0 Å². The highest BCUT2D eigenvalue weighted by molar-refractivity contribution is 6.21. The van der Waals surface area contributed by atoms with Crippen molar-refractivity contribution in [3.8, 4) is 50.2 Å². The number of rotatable bonds is 5. The monoisotopic (exact) mass is 622 g/mol. The van der Waals surface area contributed by atoms with Crippen LogP contribution in [0.2, 0.25) is 0 Å². The van der Waals surface area contributed by atoms with Crippen LogP contribution in [0.1, 0.15) is 19.5 Å². The first-order valence-electron chi connectivity index (χ1n) is 20.7. The number of aromatic nitrogens is 2. The summed E-state index contributed by atoms with van der Waals surface area (Å²) in [6, 6.07) is 32.7. The van der Waals surface area contributed by atoms with Crippen LogP contribution in [0.5, 0.6) is 0 Å². The molecule has 0 aliphatic rings. The molecule has 0 unspecified atom stereocenters. The summed E-state index contributed by atoms with van der Waals surface area (Å²) in [4.78, 5) is 4.75. The van der Waals surface area contributed by atoms with E-state index in [1.54, 1.807) is 12.1 Å². The predicted octanol–water partition coefficient (Wildman–Crippen LogP) is 12.3. The maximum Gasteiger partial charge on any atom is 0.111 e. The highest BCUT2D eigenvalue weighted by atomic mass is 15.1. The Morgan fingerprint density at radius 1 is 0.458 bits per heavy atom. The van der Waals surface area contributed by atoms with Gasteiger partial charge in [-0.05, 0) is 115 Å². The lowest BCUT2D eigenvalue weighted by Gasteiger charge is -2.19. The first-order chi connectivity index (χ1) is 27.9. The molecule has 0 saturated heterocycles. The molecule has 0 spiro atoms. The molecule has 9 aromatic rings. The van der Waals surface area contributed by atoms with E-state index in [4.69, 9.17) is 18.7 Å². The summed E-state index contributed by atoms with van der Waals surface area (Å²) in [6.45, 7) is 1.99. The van der Waals surface area contributed by atoms with Crippen molar-refractivity contribution in [1.29, 1.82) is 0 Å². The van der Waals surface area contributed by atoms with Crippen LogP contribution in [0.15, 0.2) is 176 Å². The number of imidazole rings is 1. The molecule has 48 heavy (non-hydrogen) atoms. The predicted molar refractivity (Wildman–Crippen MR) is 203 cm³/mol. The summed E-state index contributed by atoms with van der Waals surface area (Å²) in [5.41, 5.74) is 6.60. The highest BCUT2D eigenvalue weighted by Crippen LogP contribution is 2.45. The quantitative estimate of drug-likeness (QED) is 0.175. The number of fused-ring (bicyclic) bond motifs is 3. The molecule has 9 rings (SSSR count). The van der Waals surface area contributed by atoms with E-state index in [0.717, 1.165) is 60.8 Å². The van der Waals surface area contributed by atoms with Crippen LogP contribution in [0, 0.1) is 6.92 Å². The Morgan fingerprint density at radius 3 is 1.46 bits per heavy atom. The number of nitrogens with zero attached hydrogens (tertiary/aromatic N) is 2. The molecule has 2 nitrogen and oxygen atoms in total. The van der Waals surface area contributed by atoms with E-state index in [0.29, 0.717) is 5.56 Å². The second-order valence-corrected chi connectivity index (χ2v) is 11.7. The lowest BCUT2D eigenvalue weighted by molar-refractivity contribution is 1.00. The van der Waals surface area contributed by atoms with E-state index < -0.39 is 60.4 Å². The highest BCUT2D eigenvalue weighted by Gasteiger charge is 2.18. The van der Waals surface area contributed by atoms with E-state index in [1.165, 1.54) is 6.07 Å². The summed E-state index contributed by atoms with van der Waals surface area (Å²) in [6.07, 6.45) is 0. The molecule has 0 amide bonds. The Balaban J connectivity index is 1.34. The summed E-state index contributed by atoms with van der Waals surface area (Å²) < 4.78 is 87.8. The van der Waals surface area contributed by atoms with E-state index in [9.17, 15) is 0 Å². The number of aryl methyl sites for hydroxylation is 1. The maximum atomic E-state index is 8.87. The fourth-order valence-electron chi connectivity index (χ4n) is 6.85. The van der Waals surface area contributed by atoms with Gasteiger partial charge in [0, 0.05) is 5.69 Å². The van der Waals surface area contributed by atoms with Crippen LogP contribution in [0.4, 0.5) is 0 Å². The number of hydrogen-bond donors (Lipinski definition) is 0. The smallest absolute Gasteiger partial charge is 0.111 e. The van der Waals surface area contributed by atoms with Crippen molar-refractivity contribution < 1.29 is 13.7 Å². The van der Waals surface area contributed by atoms with Crippen molar-refractivity contribution in [2.45, 2.75) is 6.92 Å². The van der Waals surface area contributed by atoms with Crippen molar-refractivity contribution >= 4 is 32.6 Å². The van der Waals surface area contributed by atoms with Gasteiger partial charge < -0.3 is 0 Å². The molecule has 0 aliphatic carbocycles. The van der Waals surface area contributed by atoms with Crippen molar-refractivity contribution in [3.05, 3.63) is 182 Å². The van der Waals surface area contributed by atoms with Crippen LogP contribution >= 0.6 is 0 Å². The van der Waals surface area contributed by atoms with Crippen molar-refractivity contribution in [1.82, 2.24) is 9.55 Å². The van der Waals surface area contributed by atoms with Gasteiger partial charge in [0.05, 0.1) is 24.7 Å². The third-order valence-electron chi connectivity index (χ3n) is 8.87. The standard InChI is InChI=1S/C46H32N2/c1-31-47-43-22-12-13-23-44(43)48(31)38-26-24-34(25-27-38)45-39-18-8-10-20-41(39)46(42-21-11-9-19-40(42)45)37-29-35(32-14-4-2-5-15-32)28-36(30-37)33-16-6-3-7-17-33/h2-30H,1H3/i2D,3D,4D,5D,6D,7D,14D,15D,16D,17D. The van der Waals surface area contributed by atoms with Gasteiger partial charge in [0.15, 0.2) is 0 Å². The summed E-state index contributed by atoms with van der Waals surface area (Å²) in [5, 5.41) is 3.60. The fourth-order valence-corrected chi connectivity index (χ4v) is 6.85. The van der Waals surface area contributed by atoms with Gasteiger partial charge in [0.1, 0.15) is 5.82 Å².